The average Bonchev–Trinajstić information content (AvgIpc) is 2.89. The molecular formula is C19H24O4. The normalized spacial score (nSPS) is 26.7. The lowest BCUT2D eigenvalue weighted by atomic mass is 10.1. The van der Waals surface area contributed by atoms with E-state index in [1.54, 1.807) is 13.0 Å². The number of hydrogen-bond donors (Lipinski definition) is 0. The summed E-state index contributed by atoms with van der Waals surface area (Å²) < 4.78 is 10.2. The Labute approximate surface area is 137 Å². The van der Waals surface area contributed by atoms with E-state index in [1.807, 2.05) is 13.8 Å². The lowest BCUT2D eigenvalue weighted by molar-refractivity contribution is -0.147. The summed E-state index contributed by atoms with van der Waals surface area (Å²) in [6, 6.07) is 0. The van der Waals surface area contributed by atoms with Crippen molar-refractivity contribution in [1.82, 2.24) is 0 Å². The lowest BCUT2D eigenvalue weighted by Crippen LogP contribution is -2.21. The molecule has 0 saturated heterocycles. The topological polar surface area (TPSA) is 52.6 Å². The second-order valence-electron chi connectivity index (χ2n) is 6.82. The summed E-state index contributed by atoms with van der Waals surface area (Å²) in [7, 11) is 1.34. The largest absolute Gasteiger partial charge is 0.466 e. The molecule has 0 N–H and O–H groups in total. The first-order valence-electron chi connectivity index (χ1n) is 7.95. The molecule has 0 spiro atoms. The highest BCUT2D eigenvalue weighted by atomic mass is 16.5. The van der Waals surface area contributed by atoms with E-state index < -0.39 is 6.10 Å². The summed E-state index contributed by atoms with van der Waals surface area (Å²) in [6.45, 7) is 5.67. The molecule has 1 fully saturated rings. The lowest BCUT2D eigenvalue weighted by Gasteiger charge is -2.14. The summed E-state index contributed by atoms with van der Waals surface area (Å²) in [4.78, 5) is 24.0. The van der Waals surface area contributed by atoms with E-state index in [-0.39, 0.29) is 29.2 Å². The molecule has 0 amide bonds. The molecule has 0 bridgehead atoms. The van der Waals surface area contributed by atoms with Crippen LogP contribution in [-0.4, -0.2) is 25.2 Å². The molecule has 0 aliphatic heterocycles. The summed E-state index contributed by atoms with van der Waals surface area (Å²) in [5.41, 5.74) is 1.29. The minimum atomic E-state index is -0.562. The van der Waals surface area contributed by atoms with E-state index >= 15 is 0 Å². The summed E-state index contributed by atoms with van der Waals surface area (Å²) >= 11 is 0. The van der Waals surface area contributed by atoms with Gasteiger partial charge in [0.15, 0.2) is 6.10 Å². The molecule has 0 heterocycles. The number of methoxy groups -OCH3 is 1. The second kappa shape index (κ2) is 6.62. The van der Waals surface area contributed by atoms with Crippen LogP contribution in [0.15, 0.2) is 23.3 Å². The van der Waals surface area contributed by atoms with Gasteiger partial charge in [0.1, 0.15) is 0 Å². The highest BCUT2D eigenvalue weighted by Crippen LogP contribution is 2.60. The number of carbonyl (C=O) groups is 2. The highest BCUT2D eigenvalue weighted by molar-refractivity contribution is 5.88. The van der Waals surface area contributed by atoms with Crippen molar-refractivity contribution >= 4 is 11.9 Å². The Kier molecular flexibility index (Phi) is 4.99. The van der Waals surface area contributed by atoms with Crippen molar-refractivity contribution in [2.75, 3.05) is 7.11 Å². The molecule has 2 aliphatic rings. The molecule has 0 aromatic heterocycles. The maximum atomic E-state index is 12.5. The van der Waals surface area contributed by atoms with Crippen LogP contribution in [0.4, 0.5) is 0 Å². The van der Waals surface area contributed by atoms with Gasteiger partial charge in [-0.3, -0.25) is 4.79 Å². The molecular weight excluding hydrogens is 292 g/mol. The van der Waals surface area contributed by atoms with Crippen LogP contribution < -0.4 is 0 Å². The van der Waals surface area contributed by atoms with Gasteiger partial charge in [0.05, 0.1) is 13.0 Å². The van der Waals surface area contributed by atoms with Crippen LogP contribution in [0.1, 0.15) is 40.0 Å². The first kappa shape index (κ1) is 17.3. The Morgan fingerprint density at radius 1 is 1.48 bits per heavy atom. The van der Waals surface area contributed by atoms with E-state index in [0.29, 0.717) is 5.57 Å². The summed E-state index contributed by atoms with van der Waals surface area (Å²) in [6.07, 6.45) is 11.8. The predicted octanol–water partition coefficient (Wildman–Crippen LogP) is 3.03. The van der Waals surface area contributed by atoms with Crippen molar-refractivity contribution in [1.29, 1.82) is 0 Å². The first-order chi connectivity index (χ1) is 10.8. The fourth-order valence-corrected chi connectivity index (χ4v) is 3.28. The number of esters is 2. The fraction of sp³-hybridized carbons (Fsp3) is 0.579. The van der Waals surface area contributed by atoms with Crippen LogP contribution in [0.3, 0.4) is 0 Å². The number of ether oxygens (including phenoxy) is 2. The third kappa shape index (κ3) is 3.50. The van der Waals surface area contributed by atoms with Gasteiger partial charge in [-0.25, -0.2) is 4.79 Å². The Bertz CT molecular complexity index is 603. The number of rotatable bonds is 5. The van der Waals surface area contributed by atoms with Crippen molar-refractivity contribution in [2.24, 2.45) is 17.3 Å². The predicted molar refractivity (Wildman–Crippen MR) is 87.2 cm³/mol. The smallest absolute Gasteiger partial charge is 0.333 e. The van der Waals surface area contributed by atoms with E-state index in [2.05, 4.69) is 12.0 Å². The van der Waals surface area contributed by atoms with Crippen LogP contribution >= 0.6 is 0 Å². The second-order valence-corrected chi connectivity index (χ2v) is 6.82. The molecule has 4 heteroatoms. The van der Waals surface area contributed by atoms with Gasteiger partial charge in [0.2, 0.25) is 0 Å². The SMILES string of the molecule is C#CC(OC(=O)C1C(C=C(C)C(=O)OC)C1(C)C)C1=CCCC1. The third-order valence-corrected chi connectivity index (χ3v) is 4.90. The molecule has 3 unspecified atom stereocenters. The van der Waals surface area contributed by atoms with Gasteiger partial charge >= 0.3 is 11.9 Å². The zero-order valence-electron chi connectivity index (χ0n) is 14.2. The number of allylic oxidation sites excluding steroid dienone is 2. The molecule has 3 atom stereocenters. The van der Waals surface area contributed by atoms with Gasteiger partial charge in [-0.2, -0.15) is 0 Å². The first-order valence-corrected chi connectivity index (χ1v) is 7.95. The van der Waals surface area contributed by atoms with Gasteiger partial charge in [0.25, 0.3) is 0 Å². The van der Waals surface area contributed by atoms with Gasteiger partial charge in [0, 0.05) is 5.57 Å². The molecule has 0 radical (unpaired) electrons. The average molecular weight is 316 g/mol. The standard InChI is InChI=1S/C19H24O4/c1-6-15(13-9-7-8-10-13)23-18(21)16-14(19(16,3)4)11-12(2)17(20)22-5/h1,9,11,14-16H,7-8,10H2,2-5H3. The highest BCUT2D eigenvalue weighted by Gasteiger charge is 2.62. The van der Waals surface area contributed by atoms with Crippen molar-refractivity contribution in [3.8, 4) is 12.3 Å². The maximum absolute atomic E-state index is 12.5. The Morgan fingerprint density at radius 2 is 2.17 bits per heavy atom. The van der Waals surface area contributed by atoms with Gasteiger partial charge in [-0.1, -0.05) is 31.9 Å². The Morgan fingerprint density at radius 3 is 2.70 bits per heavy atom. The molecule has 4 nitrogen and oxygen atoms in total. The minimum Gasteiger partial charge on any atom is -0.466 e. The number of hydrogen-bond acceptors (Lipinski definition) is 4. The van der Waals surface area contributed by atoms with Crippen LogP contribution in [0.2, 0.25) is 0 Å². The van der Waals surface area contributed by atoms with Gasteiger partial charge in [-0.05, 0) is 43.1 Å². The van der Waals surface area contributed by atoms with Crippen LogP contribution in [0.5, 0.6) is 0 Å². The number of carbonyl (C=O) groups excluding carboxylic acids is 2. The molecule has 2 rings (SSSR count). The quantitative estimate of drug-likeness (QED) is 0.338. The molecule has 1 saturated carbocycles. The molecule has 0 aromatic carbocycles. The van der Waals surface area contributed by atoms with Crippen molar-refractivity contribution in [2.45, 2.75) is 46.1 Å². The maximum Gasteiger partial charge on any atom is 0.333 e. The van der Waals surface area contributed by atoms with Crippen molar-refractivity contribution in [3.63, 3.8) is 0 Å². The zero-order chi connectivity index (χ0) is 17.2. The molecule has 2 aliphatic carbocycles. The molecule has 23 heavy (non-hydrogen) atoms. The van der Waals surface area contributed by atoms with E-state index in [1.165, 1.54) is 7.11 Å². The molecule has 0 aromatic rings. The fourth-order valence-electron chi connectivity index (χ4n) is 3.28. The summed E-state index contributed by atoms with van der Waals surface area (Å²) in [5, 5.41) is 0. The zero-order valence-corrected chi connectivity index (χ0v) is 14.2. The van der Waals surface area contributed by atoms with Crippen LogP contribution in [-0.2, 0) is 19.1 Å². The molecule has 124 valence electrons. The van der Waals surface area contributed by atoms with Crippen LogP contribution in [0.25, 0.3) is 0 Å². The van der Waals surface area contributed by atoms with Crippen LogP contribution in [0, 0.1) is 29.6 Å². The van der Waals surface area contributed by atoms with Crippen molar-refractivity contribution < 1.29 is 19.1 Å². The Hall–Kier alpha value is -2.02. The number of terminal acetylenes is 1. The summed E-state index contributed by atoms with van der Waals surface area (Å²) in [5.74, 6) is 1.59. The third-order valence-electron chi connectivity index (χ3n) is 4.90. The monoisotopic (exact) mass is 316 g/mol. The van der Waals surface area contributed by atoms with Crippen molar-refractivity contribution in [3.05, 3.63) is 23.3 Å². The minimum absolute atomic E-state index is 0.0370. The van der Waals surface area contributed by atoms with E-state index in [4.69, 9.17) is 15.9 Å². The Balaban J connectivity index is 2.05. The van der Waals surface area contributed by atoms with E-state index in [9.17, 15) is 9.59 Å². The van der Waals surface area contributed by atoms with E-state index in [0.717, 1.165) is 24.8 Å². The van der Waals surface area contributed by atoms with Gasteiger partial charge in [-0.15, -0.1) is 6.42 Å². The van der Waals surface area contributed by atoms with Gasteiger partial charge < -0.3 is 9.47 Å².